The van der Waals surface area contributed by atoms with Gasteiger partial charge in [0, 0.05) is 26.2 Å². The Morgan fingerprint density at radius 1 is 1.35 bits per heavy atom. The third kappa shape index (κ3) is 5.33. The molecule has 1 fully saturated rings. The van der Waals surface area contributed by atoms with Crippen LogP contribution in [-0.4, -0.2) is 56.4 Å². The number of unbranched alkanes of at least 4 members (excludes halogenated alkanes) is 2. The second-order valence-corrected chi connectivity index (χ2v) is 6.80. The summed E-state index contributed by atoms with van der Waals surface area (Å²) in [5, 5.41) is 11.8. The zero-order chi connectivity index (χ0) is 12.7. The molecule has 0 amide bonds. The first-order valence-corrected chi connectivity index (χ1v) is 7.95. The van der Waals surface area contributed by atoms with E-state index >= 15 is 0 Å². The van der Waals surface area contributed by atoms with Crippen molar-refractivity contribution in [3.05, 3.63) is 0 Å². The van der Waals surface area contributed by atoms with Crippen molar-refractivity contribution in [3.8, 4) is 0 Å². The van der Waals surface area contributed by atoms with Gasteiger partial charge in [-0.05, 0) is 38.6 Å². The largest absolute Gasteiger partial charge is 0.396 e. The molecule has 0 bridgehead atoms. The Bertz CT molecular complexity index is 300. The number of aliphatic hydroxyl groups is 1. The van der Waals surface area contributed by atoms with Gasteiger partial charge >= 0.3 is 0 Å². The van der Waals surface area contributed by atoms with E-state index in [1.165, 1.54) is 4.31 Å². The summed E-state index contributed by atoms with van der Waals surface area (Å²) in [6.45, 7) is 1.66. The maximum absolute atomic E-state index is 12.0. The fourth-order valence-corrected chi connectivity index (χ4v) is 3.50. The van der Waals surface area contributed by atoms with Crippen LogP contribution in [-0.2, 0) is 10.0 Å². The average Bonchev–Trinajstić information content (AvgIpc) is 2.76. The first-order valence-electron chi connectivity index (χ1n) is 6.34. The molecule has 0 spiro atoms. The zero-order valence-electron chi connectivity index (χ0n) is 10.6. The third-order valence-corrected chi connectivity index (χ3v) is 5.14. The topological polar surface area (TPSA) is 69.6 Å². The van der Waals surface area contributed by atoms with Gasteiger partial charge < -0.3 is 10.4 Å². The first-order chi connectivity index (χ1) is 8.06. The van der Waals surface area contributed by atoms with Crippen LogP contribution in [0.3, 0.4) is 0 Å². The van der Waals surface area contributed by atoms with Gasteiger partial charge in [-0.2, -0.15) is 0 Å². The molecule has 0 aromatic rings. The number of aliphatic hydroxyl groups excluding tert-OH is 1. The lowest BCUT2D eigenvalue weighted by Gasteiger charge is -2.19. The summed E-state index contributed by atoms with van der Waals surface area (Å²) in [6, 6.07) is 0.125. The van der Waals surface area contributed by atoms with Gasteiger partial charge in [-0.3, -0.25) is 0 Å². The molecule has 1 aliphatic heterocycles. The standard InChI is InChI=1S/C11H24N2O3S/c1-13(8-3-2-4-9-14)17(15,16)10-11-6-5-7-12-11/h11-12,14H,2-10H2,1H3. The summed E-state index contributed by atoms with van der Waals surface area (Å²) in [4.78, 5) is 0. The van der Waals surface area contributed by atoms with Crippen LogP contribution in [0.2, 0.25) is 0 Å². The monoisotopic (exact) mass is 264 g/mol. The van der Waals surface area contributed by atoms with Crippen LogP contribution in [0.4, 0.5) is 0 Å². The average molecular weight is 264 g/mol. The van der Waals surface area contributed by atoms with Gasteiger partial charge in [0.1, 0.15) is 0 Å². The predicted octanol–water partition coefficient (Wildman–Crippen LogP) is 0.163. The molecule has 0 aliphatic carbocycles. The number of hydrogen-bond acceptors (Lipinski definition) is 4. The maximum Gasteiger partial charge on any atom is 0.215 e. The summed E-state index contributed by atoms with van der Waals surface area (Å²) >= 11 is 0. The van der Waals surface area contributed by atoms with Crippen molar-refractivity contribution in [1.82, 2.24) is 9.62 Å². The molecule has 1 rings (SSSR count). The minimum absolute atomic E-state index is 0.125. The molecule has 6 heteroatoms. The van der Waals surface area contributed by atoms with E-state index in [1.807, 2.05) is 0 Å². The van der Waals surface area contributed by atoms with E-state index in [4.69, 9.17) is 5.11 Å². The number of sulfonamides is 1. The number of nitrogens with one attached hydrogen (secondary N) is 1. The van der Waals surface area contributed by atoms with Crippen LogP contribution >= 0.6 is 0 Å². The van der Waals surface area contributed by atoms with Crippen LogP contribution in [0.15, 0.2) is 0 Å². The van der Waals surface area contributed by atoms with E-state index in [9.17, 15) is 8.42 Å². The lowest BCUT2D eigenvalue weighted by molar-refractivity contribution is 0.281. The van der Waals surface area contributed by atoms with E-state index < -0.39 is 10.0 Å². The second kappa shape index (κ2) is 7.31. The fraction of sp³-hybridized carbons (Fsp3) is 1.00. The minimum atomic E-state index is -3.12. The molecule has 2 N–H and O–H groups in total. The first kappa shape index (κ1) is 14.9. The summed E-state index contributed by atoms with van der Waals surface area (Å²) < 4.78 is 25.4. The van der Waals surface area contributed by atoms with Crippen molar-refractivity contribution < 1.29 is 13.5 Å². The van der Waals surface area contributed by atoms with Gasteiger partial charge in [0.05, 0.1) is 5.75 Å². The molecule has 17 heavy (non-hydrogen) atoms. The Morgan fingerprint density at radius 2 is 2.12 bits per heavy atom. The number of nitrogens with zero attached hydrogens (tertiary/aromatic N) is 1. The highest BCUT2D eigenvalue weighted by molar-refractivity contribution is 7.89. The van der Waals surface area contributed by atoms with Gasteiger partial charge in [0.25, 0.3) is 0 Å². The van der Waals surface area contributed by atoms with E-state index in [0.29, 0.717) is 6.54 Å². The van der Waals surface area contributed by atoms with Gasteiger partial charge in [-0.1, -0.05) is 0 Å². The number of rotatable bonds is 8. The molecule has 1 atom stereocenters. The molecule has 0 aromatic carbocycles. The van der Waals surface area contributed by atoms with E-state index in [1.54, 1.807) is 7.05 Å². The molecule has 1 unspecified atom stereocenters. The van der Waals surface area contributed by atoms with Crippen LogP contribution in [0.1, 0.15) is 32.1 Å². The number of hydrogen-bond donors (Lipinski definition) is 2. The smallest absolute Gasteiger partial charge is 0.215 e. The van der Waals surface area contributed by atoms with E-state index in [-0.39, 0.29) is 18.4 Å². The molecular weight excluding hydrogens is 240 g/mol. The minimum Gasteiger partial charge on any atom is -0.396 e. The lowest BCUT2D eigenvalue weighted by atomic mass is 10.2. The predicted molar refractivity (Wildman–Crippen MR) is 68.4 cm³/mol. The lowest BCUT2D eigenvalue weighted by Crippen LogP contribution is -2.38. The Hall–Kier alpha value is -0.170. The Morgan fingerprint density at radius 3 is 2.71 bits per heavy atom. The maximum atomic E-state index is 12.0. The van der Waals surface area contributed by atoms with E-state index in [2.05, 4.69) is 5.32 Å². The fourth-order valence-electron chi connectivity index (χ4n) is 2.04. The molecule has 1 aliphatic rings. The Kier molecular flexibility index (Phi) is 6.40. The van der Waals surface area contributed by atoms with Crippen LogP contribution in [0, 0.1) is 0 Å². The molecule has 1 saturated heterocycles. The molecule has 5 nitrogen and oxygen atoms in total. The van der Waals surface area contributed by atoms with Crippen molar-refractivity contribution in [3.63, 3.8) is 0 Å². The van der Waals surface area contributed by atoms with Gasteiger partial charge in [0.2, 0.25) is 10.0 Å². The Balaban J connectivity index is 2.29. The summed E-state index contributed by atoms with van der Waals surface area (Å²) in [5.74, 6) is 0.212. The molecule has 0 aromatic heterocycles. The van der Waals surface area contributed by atoms with Gasteiger partial charge in [0.15, 0.2) is 0 Å². The highest BCUT2D eigenvalue weighted by Crippen LogP contribution is 2.10. The van der Waals surface area contributed by atoms with Crippen molar-refractivity contribution in [2.75, 3.05) is 32.5 Å². The normalized spacial score (nSPS) is 21.2. The summed E-state index contributed by atoms with van der Waals surface area (Å²) in [5.41, 5.74) is 0. The molecule has 1 heterocycles. The SMILES string of the molecule is CN(CCCCCO)S(=O)(=O)CC1CCCN1. The second-order valence-electron chi connectivity index (χ2n) is 4.68. The highest BCUT2D eigenvalue weighted by atomic mass is 32.2. The van der Waals surface area contributed by atoms with Crippen LogP contribution in [0.5, 0.6) is 0 Å². The van der Waals surface area contributed by atoms with Crippen LogP contribution < -0.4 is 5.32 Å². The molecular formula is C11H24N2O3S. The van der Waals surface area contributed by atoms with E-state index in [0.717, 1.165) is 38.6 Å². The molecule has 0 saturated carbocycles. The molecule has 0 radical (unpaired) electrons. The summed E-state index contributed by atoms with van der Waals surface area (Å²) in [6.07, 6.45) is 4.46. The van der Waals surface area contributed by atoms with Crippen molar-refractivity contribution in [2.45, 2.75) is 38.1 Å². The van der Waals surface area contributed by atoms with Crippen LogP contribution in [0.25, 0.3) is 0 Å². The van der Waals surface area contributed by atoms with Gasteiger partial charge in [-0.25, -0.2) is 12.7 Å². The Labute approximate surface area is 104 Å². The quantitative estimate of drug-likeness (QED) is 0.613. The van der Waals surface area contributed by atoms with Crippen molar-refractivity contribution >= 4 is 10.0 Å². The molecule has 102 valence electrons. The summed E-state index contributed by atoms with van der Waals surface area (Å²) in [7, 11) is -1.48. The van der Waals surface area contributed by atoms with Crippen molar-refractivity contribution in [1.29, 1.82) is 0 Å². The van der Waals surface area contributed by atoms with Gasteiger partial charge in [-0.15, -0.1) is 0 Å². The third-order valence-electron chi connectivity index (χ3n) is 3.18. The highest BCUT2D eigenvalue weighted by Gasteiger charge is 2.24. The van der Waals surface area contributed by atoms with Crippen molar-refractivity contribution in [2.24, 2.45) is 0 Å². The zero-order valence-corrected chi connectivity index (χ0v) is 11.4.